The summed E-state index contributed by atoms with van der Waals surface area (Å²) in [4.78, 5) is 7.40. The maximum Gasteiger partial charge on any atom is 0.192 e. The topological polar surface area (TPSA) is 114 Å². The smallest absolute Gasteiger partial charge is 0.192 e. The average molecular weight is 470 g/mol. The van der Waals surface area contributed by atoms with Gasteiger partial charge in [-0.1, -0.05) is 13.0 Å². The van der Waals surface area contributed by atoms with Crippen LogP contribution in [0, 0.1) is 5.92 Å². The number of hydrogen-bond donors (Lipinski definition) is 3. The van der Waals surface area contributed by atoms with Gasteiger partial charge in [-0.05, 0) is 49.2 Å². The Bertz CT molecular complexity index is 1270. The van der Waals surface area contributed by atoms with E-state index in [9.17, 15) is 13.5 Å². The molecule has 0 radical (unpaired) electrons. The lowest BCUT2D eigenvalue weighted by atomic mass is 10.1. The molecule has 2 atom stereocenters. The second-order valence-corrected chi connectivity index (χ2v) is 10.2. The summed E-state index contributed by atoms with van der Waals surface area (Å²) >= 11 is 0. The number of ether oxygens (including phenoxy) is 2. The fourth-order valence-electron chi connectivity index (χ4n) is 3.49. The third-order valence-corrected chi connectivity index (χ3v) is 6.15. The van der Waals surface area contributed by atoms with Gasteiger partial charge in [0, 0.05) is 30.1 Å². The summed E-state index contributed by atoms with van der Waals surface area (Å²) in [6.45, 7) is 4.72. The van der Waals surface area contributed by atoms with Gasteiger partial charge in [-0.3, -0.25) is 0 Å². The minimum absolute atomic E-state index is 0.0209. The first-order valence-corrected chi connectivity index (χ1v) is 12.5. The van der Waals surface area contributed by atoms with E-state index in [2.05, 4.69) is 28.3 Å². The van der Waals surface area contributed by atoms with E-state index in [-0.39, 0.29) is 11.6 Å². The second-order valence-electron chi connectivity index (χ2n) is 8.23. The van der Waals surface area contributed by atoms with Crippen LogP contribution < -0.4 is 14.8 Å². The molecule has 174 valence electrons. The molecule has 0 amide bonds. The number of sulfone groups is 1. The normalized spacial score (nSPS) is 16.7. The van der Waals surface area contributed by atoms with E-state index >= 15 is 0 Å². The number of rotatable bonds is 8. The minimum Gasteiger partial charge on any atom is -0.488 e. The number of aliphatic hydroxyl groups is 1. The highest BCUT2D eigenvalue weighted by atomic mass is 32.2. The lowest BCUT2D eigenvalue weighted by molar-refractivity contribution is 0.129. The van der Waals surface area contributed by atoms with Crippen LogP contribution in [0.15, 0.2) is 59.8 Å². The Balaban J connectivity index is 1.65. The predicted molar refractivity (Wildman–Crippen MR) is 126 cm³/mol. The van der Waals surface area contributed by atoms with Crippen LogP contribution in [-0.2, 0) is 9.84 Å². The van der Waals surface area contributed by atoms with Crippen molar-refractivity contribution >= 4 is 15.5 Å². The number of nitrogens with zero attached hydrogens (tertiary/aromatic N) is 1. The number of aliphatic hydroxyl groups excluding tert-OH is 1. The Kier molecular flexibility index (Phi) is 6.44. The summed E-state index contributed by atoms with van der Waals surface area (Å²) in [7, 11) is -3.39. The highest BCUT2D eigenvalue weighted by Crippen LogP contribution is 2.33. The minimum atomic E-state index is -3.39. The number of benzene rings is 1. The van der Waals surface area contributed by atoms with Crippen molar-refractivity contribution in [2.45, 2.75) is 25.0 Å². The molecule has 1 aliphatic heterocycles. The van der Waals surface area contributed by atoms with Crippen molar-refractivity contribution in [1.29, 1.82) is 0 Å². The zero-order valence-corrected chi connectivity index (χ0v) is 19.5. The summed E-state index contributed by atoms with van der Waals surface area (Å²) in [5.41, 5.74) is 3.78. The van der Waals surface area contributed by atoms with Crippen LogP contribution in [0.2, 0.25) is 0 Å². The van der Waals surface area contributed by atoms with Crippen LogP contribution in [0.4, 0.5) is 0 Å². The van der Waals surface area contributed by atoms with Crippen LogP contribution in [0.3, 0.4) is 0 Å². The number of aromatic amines is 1. The fourth-order valence-corrected chi connectivity index (χ4v) is 4.04. The van der Waals surface area contributed by atoms with E-state index in [0.29, 0.717) is 23.2 Å². The van der Waals surface area contributed by atoms with Crippen molar-refractivity contribution in [3.63, 3.8) is 0 Å². The molecule has 0 saturated heterocycles. The van der Waals surface area contributed by atoms with Gasteiger partial charge in [-0.15, -0.1) is 0 Å². The molecule has 1 aliphatic rings. The summed E-state index contributed by atoms with van der Waals surface area (Å²) in [6.07, 6.45) is 4.27. The number of H-pyrrole nitrogens is 1. The Hall–Kier alpha value is -3.30. The molecule has 3 heterocycles. The molecule has 3 aromatic rings. The van der Waals surface area contributed by atoms with Crippen molar-refractivity contribution in [2.75, 3.05) is 19.4 Å². The van der Waals surface area contributed by atoms with Crippen molar-refractivity contribution in [3.05, 3.63) is 60.4 Å². The molecule has 0 fully saturated rings. The van der Waals surface area contributed by atoms with Gasteiger partial charge in [-0.2, -0.15) is 0 Å². The SMILES string of the molecule is C[C@@H]1C=C(c2ccc(-c3cc(Oc4ccc(S(C)(=O)=O)nc4)cc(O[C@@H](C)CO)c3)[nH]2)NC1. The lowest BCUT2D eigenvalue weighted by Gasteiger charge is -2.15. The molecule has 0 aliphatic carbocycles. The molecule has 0 spiro atoms. The van der Waals surface area contributed by atoms with Gasteiger partial charge in [0.1, 0.15) is 23.4 Å². The number of nitrogens with one attached hydrogen (secondary N) is 2. The third kappa shape index (κ3) is 5.55. The summed E-state index contributed by atoms with van der Waals surface area (Å²) < 4.78 is 35.1. The quantitative estimate of drug-likeness (QED) is 0.462. The van der Waals surface area contributed by atoms with E-state index in [0.717, 1.165) is 35.4 Å². The number of hydrogen-bond acceptors (Lipinski definition) is 7. The fraction of sp³-hybridized carbons (Fsp3) is 0.292. The lowest BCUT2D eigenvalue weighted by Crippen LogP contribution is -2.16. The average Bonchev–Trinajstić information content (AvgIpc) is 3.42. The molecule has 8 nitrogen and oxygen atoms in total. The van der Waals surface area contributed by atoms with Gasteiger partial charge in [-0.25, -0.2) is 13.4 Å². The number of aromatic nitrogens is 2. The molecule has 1 aromatic carbocycles. The van der Waals surface area contributed by atoms with Crippen LogP contribution in [0.25, 0.3) is 17.0 Å². The zero-order chi connectivity index (χ0) is 23.6. The Morgan fingerprint density at radius 2 is 1.88 bits per heavy atom. The molecular weight excluding hydrogens is 442 g/mol. The van der Waals surface area contributed by atoms with Crippen molar-refractivity contribution in [3.8, 4) is 28.5 Å². The maximum atomic E-state index is 11.6. The predicted octanol–water partition coefficient (Wildman–Crippen LogP) is 3.61. The van der Waals surface area contributed by atoms with E-state index in [1.54, 1.807) is 19.1 Å². The highest BCUT2D eigenvalue weighted by molar-refractivity contribution is 7.90. The van der Waals surface area contributed by atoms with Crippen LogP contribution >= 0.6 is 0 Å². The molecule has 4 rings (SSSR count). The van der Waals surface area contributed by atoms with E-state index < -0.39 is 15.9 Å². The first-order valence-electron chi connectivity index (χ1n) is 10.6. The van der Waals surface area contributed by atoms with Crippen molar-refractivity contribution < 1.29 is 23.0 Å². The number of pyridine rings is 1. The maximum absolute atomic E-state index is 11.6. The van der Waals surface area contributed by atoms with Gasteiger partial charge in [0.15, 0.2) is 14.9 Å². The molecule has 0 saturated carbocycles. The van der Waals surface area contributed by atoms with Gasteiger partial charge in [0.25, 0.3) is 0 Å². The summed E-state index contributed by atoms with van der Waals surface area (Å²) in [5, 5.41) is 12.8. The Labute approximate surface area is 193 Å². The molecule has 9 heteroatoms. The summed E-state index contributed by atoms with van der Waals surface area (Å²) in [5.74, 6) is 1.89. The van der Waals surface area contributed by atoms with Gasteiger partial charge in [0.05, 0.1) is 24.2 Å². The Morgan fingerprint density at radius 3 is 2.52 bits per heavy atom. The molecule has 3 N–H and O–H groups in total. The highest BCUT2D eigenvalue weighted by Gasteiger charge is 2.16. The van der Waals surface area contributed by atoms with Gasteiger partial charge >= 0.3 is 0 Å². The monoisotopic (exact) mass is 469 g/mol. The van der Waals surface area contributed by atoms with E-state index in [1.165, 1.54) is 12.3 Å². The second kappa shape index (κ2) is 9.29. The van der Waals surface area contributed by atoms with Crippen LogP contribution in [0.1, 0.15) is 19.5 Å². The first kappa shape index (κ1) is 22.9. The Morgan fingerprint density at radius 1 is 1.12 bits per heavy atom. The first-order chi connectivity index (χ1) is 15.7. The van der Waals surface area contributed by atoms with Crippen molar-refractivity contribution in [1.82, 2.24) is 15.3 Å². The third-order valence-electron chi connectivity index (χ3n) is 5.15. The molecule has 0 unspecified atom stereocenters. The van der Waals surface area contributed by atoms with Crippen LogP contribution in [0.5, 0.6) is 17.2 Å². The van der Waals surface area contributed by atoms with E-state index in [4.69, 9.17) is 9.47 Å². The van der Waals surface area contributed by atoms with Gasteiger partial charge < -0.3 is 24.9 Å². The molecule has 2 aromatic heterocycles. The summed E-state index contributed by atoms with van der Waals surface area (Å²) in [6, 6.07) is 12.4. The van der Waals surface area contributed by atoms with E-state index in [1.807, 2.05) is 24.3 Å². The largest absolute Gasteiger partial charge is 0.488 e. The zero-order valence-electron chi connectivity index (χ0n) is 18.7. The molecule has 33 heavy (non-hydrogen) atoms. The molecule has 0 bridgehead atoms. The van der Waals surface area contributed by atoms with Crippen LogP contribution in [-0.4, -0.2) is 49.0 Å². The van der Waals surface area contributed by atoms with Gasteiger partial charge in [0.2, 0.25) is 0 Å². The van der Waals surface area contributed by atoms with Crippen molar-refractivity contribution in [2.24, 2.45) is 5.92 Å². The molecular formula is C24H27N3O5S. The standard InChI is InChI=1S/C24H27N3O5S/c1-15-8-23(25-12-15)22-6-5-21(27-22)17-9-19(31-16(2)14-28)11-20(10-17)32-18-4-7-24(26-13-18)33(3,29)30/h4-11,13,15-16,25,27-28H,12,14H2,1-3H3/t15-,16+/m1/s1.